The van der Waals surface area contributed by atoms with Crippen molar-refractivity contribution in [2.45, 2.75) is 30.8 Å². The molecule has 30 heavy (non-hydrogen) atoms. The van der Waals surface area contributed by atoms with Crippen molar-refractivity contribution in [1.29, 1.82) is 0 Å². The summed E-state index contributed by atoms with van der Waals surface area (Å²) in [6, 6.07) is 10.4. The Bertz CT molecular complexity index is 824. The molecular formula is C19H28F3N5O2S. The maximum atomic E-state index is 12.7. The number of piperidine rings is 1. The highest BCUT2D eigenvalue weighted by molar-refractivity contribution is 7.90. The van der Waals surface area contributed by atoms with Gasteiger partial charge in [0.15, 0.2) is 5.96 Å². The number of nitrogens with zero attached hydrogens (tertiary/aromatic N) is 3. The molecule has 2 aliphatic heterocycles. The molecule has 2 fully saturated rings. The molecular weight excluding hydrogens is 419 g/mol. The van der Waals surface area contributed by atoms with Gasteiger partial charge in [0, 0.05) is 51.5 Å². The molecule has 11 heteroatoms. The molecule has 7 nitrogen and oxygen atoms in total. The number of halogens is 3. The SMILES string of the molecule is CN=C(NCC1CCN(S(=O)(=O)C(F)(F)F)CC1)NC1CCN(c2ccccc2)C1. The van der Waals surface area contributed by atoms with Gasteiger partial charge in [-0.15, -0.1) is 0 Å². The maximum absolute atomic E-state index is 12.7. The first-order valence-corrected chi connectivity index (χ1v) is 11.5. The van der Waals surface area contributed by atoms with Gasteiger partial charge in [0.2, 0.25) is 0 Å². The molecule has 0 bridgehead atoms. The number of guanidine groups is 1. The standard InChI is InChI=1S/C19H28F3N5O2S/c1-23-18(25-16-9-10-26(14-16)17-5-3-2-4-6-17)24-13-15-7-11-27(12-8-15)30(28,29)19(20,21)22/h2-6,15-16H,7-14H2,1H3,(H2,23,24,25). The Balaban J connectivity index is 1.43. The molecule has 3 rings (SSSR count). The van der Waals surface area contributed by atoms with E-state index in [1.807, 2.05) is 18.2 Å². The molecule has 0 aromatic heterocycles. The lowest BCUT2D eigenvalue weighted by atomic mass is 9.98. The monoisotopic (exact) mass is 447 g/mol. The first kappa shape index (κ1) is 22.7. The molecule has 0 amide bonds. The Kier molecular flexibility index (Phi) is 7.12. The van der Waals surface area contributed by atoms with Crippen LogP contribution < -0.4 is 15.5 Å². The summed E-state index contributed by atoms with van der Waals surface area (Å²) in [5, 5.41) is 6.63. The maximum Gasteiger partial charge on any atom is 0.511 e. The van der Waals surface area contributed by atoms with Crippen molar-refractivity contribution in [1.82, 2.24) is 14.9 Å². The summed E-state index contributed by atoms with van der Waals surface area (Å²) in [6.45, 7) is 2.11. The lowest BCUT2D eigenvalue weighted by Crippen LogP contribution is -2.48. The molecule has 1 atom stereocenters. The van der Waals surface area contributed by atoms with E-state index in [0.29, 0.717) is 29.7 Å². The highest BCUT2D eigenvalue weighted by Gasteiger charge is 2.50. The average molecular weight is 448 g/mol. The van der Waals surface area contributed by atoms with Crippen LogP contribution in [0.5, 0.6) is 0 Å². The molecule has 2 saturated heterocycles. The zero-order chi connectivity index (χ0) is 21.8. The lowest BCUT2D eigenvalue weighted by molar-refractivity contribution is -0.0496. The minimum atomic E-state index is -5.24. The van der Waals surface area contributed by atoms with Crippen LogP contribution in [0.4, 0.5) is 18.9 Å². The van der Waals surface area contributed by atoms with Crippen molar-refractivity contribution in [2.24, 2.45) is 10.9 Å². The van der Waals surface area contributed by atoms with Crippen molar-refractivity contribution in [3.05, 3.63) is 30.3 Å². The van der Waals surface area contributed by atoms with Crippen LogP contribution in [-0.4, -0.2) is 70.0 Å². The van der Waals surface area contributed by atoms with E-state index in [-0.39, 0.29) is 25.0 Å². The number of rotatable bonds is 5. The molecule has 0 radical (unpaired) electrons. The van der Waals surface area contributed by atoms with Crippen molar-refractivity contribution < 1.29 is 21.6 Å². The number of sulfonamides is 1. The van der Waals surface area contributed by atoms with Gasteiger partial charge in [-0.1, -0.05) is 18.2 Å². The van der Waals surface area contributed by atoms with Gasteiger partial charge < -0.3 is 15.5 Å². The third kappa shape index (κ3) is 5.37. The van der Waals surface area contributed by atoms with Crippen LogP contribution >= 0.6 is 0 Å². The van der Waals surface area contributed by atoms with Crippen LogP contribution in [0.1, 0.15) is 19.3 Å². The number of benzene rings is 1. The molecule has 1 aromatic rings. The Morgan fingerprint density at radius 1 is 1.13 bits per heavy atom. The van der Waals surface area contributed by atoms with Crippen LogP contribution in [0.2, 0.25) is 0 Å². The van der Waals surface area contributed by atoms with Crippen molar-refractivity contribution >= 4 is 21.7 Å². The number of hydrogen-bond donors (Lipinski definition) is 2. The fourth-order valence-corrected chi connectivity index (χ4v) is 4.86. The fraction of sp³-hybridized carbons (Fsp3) is 0.632. The van der Waals surface area contributed by atoms with Crippen molar-refractivity contribution in [3.8, 4) is 0 Å². The van der Waals surface area contributed by atoms with E-state index in [9.17, 15) is 21.6 Å². The summed E-state index contributed by atoms with van der Waals surface area (Å²) in [7, 11) is -3.55. The number of nitrogens with one attached hydrogen (secondary N) is 2. The van der Waals surface area contributed by atoms with E-state index in [2.05, 4.69) is 32.7 Å². The zero-order valence-electron chi connectivity index (χ0n) is 16.9. The molecule has 2 N–H and O–H groups in total. The van der Waals surface area contributed by atoms with Crippen LogP contribution in [-0.2, 0) is 10.0 Å². The molecule has 1 unspecified atom stereocenters. The largest absolute Gasteiger partial charge is 0.511 e. The predicted octanol–water partition coefficient (Wildman–Crippen LogP) is 1.99. The van der Waals surface area contributed by atoms with Crippen LogP contribution in [0.25, 0.3) is 0 Å². The van der Waals surface area contributed by atoms with E-state index in [0.717, 1.165) is 19.5 Å². The van der Waals surface area contributed by atoms with Gasteiger partial charge in [-0.25, -0.2) is 8.42 Å². The smallest absolute Gasteiger partial charge is 0.369 e. The second kappa shape index (κ2) is 9.42. The Labute approximate surface area is 175 Å². The summed E-state index contributed by atoms with van der Waals surface area (Å²) < 4.78 is 61.6. The van der Waals surface area contributed by atoms with Gasteiger partial charge >= 0.3 is 15.5 Å². The van der Waals surface area contributed by atoms with E-state index in [4.69, 9.17) is 0 Å². The molecule has 168 valence electrons. The van der Waals surface area contributed by atoms with Crippen molar-refractivity contribution in [2.75, 3.05) is 44.7 Å². The van der Waals surface area contributed by atoms with E-state index < -0.39 is 15.5 Å². The van der Waals surface area contributed by atoms with E-state index in [1.165, 1.54) is 5.69 Å². The minimum absolute atomic E-state index is 0.0904. The zero-order valence-corrected chi connectivity index (χ0v) is 17.7. The van der Waals surface area contributed by atoms with Gasteiger partial charge in [-0.3, -0.25) is 4.99 Å². The topological polar surface area (TPSA) is 77.0 Å². The first-order chi connectivity index (χ1) is 14.2. The summed E-state index contributed by atoms with van der Waals surface area (Å²) in [4.78, 5) is 6.55. The third-order valence-corrected chi connectivity index (χ3v) is 7.27. The molecule has 0 saturated carbocycles. The van der Waals surface area contributed by atoms with Gasteiger partial charge in [0.1, 0.15) is 0 Å². The number of anilines is 1. The summed E-state index contributed by atoms with van der Waals surface area (Å²) in [6.07, 6.45) is 1.73. The lowest BCUT2D eigenvalue weighted by Gasteiger charge is -2.32. The Hall–Kier alpha value is -2.01. The third-order valence-electron chi connectivity index (χ3n) is 5.64. The number of alkyl halides is 3. The number of aliphatic imine (C=N–C) groups is 1. The molecule has 0 spiro atoms. The number of hydrogen-bond acceptors (Lipinski definition) is 4. The summed E-state index contributed by atoms with van der Waals surface area (Å²) in [5.74, 6) is 0.743. The number of para-hydroxylation sites is 1. The molecule has 1 aromatic carbocycles. The summed E-state index contributed by atoms with van der Waals surface area (Å²) >= 11 is 0. The quantitative estimate of drug-likeness (QED) is 0.533. The minimum Gasteiger partial charge on any atom is -0.369 e. The van der Waals surface area contributed by atoms with Crippen LogP contribution in [0.3, 0.4) is 0 Å². The normalized spacial score (nSPS) is 22.3. The summed E-state index contributed by atoms with van der Waals surface area (Å²) in [5.41, 5.74) is -4.05. The molecule has 2 heterocycles. The molecule has 0 aliphatic carbocycles. The van der Waals surface area contributed by atoms with Gasteiger partial charge in [0.05, 0.1) is 0 Å². The molecule has 2 aliphatic rings. The van der Waals surface area contributed by atoms with Crippen LogP contribution in [0, 0.1) is 5.92 Å². The fourth-order valence-electron chi connectivity index (χ4n) is 3.88. The van der Waals surface area contributed by atoms with Crippen LogP contribution in [0.15, 0.2) is 35.3 Å². The highest BCUT2D eigenvalue weighted by atomic mass is 32.2. The average Bonchev–Trinajstić information content (AvgIpc) is 3.20. The second-order valence-electron chi connectivity index (χ2n) is 7.66. The Morgan fingerprint density at radius 3 is 2.40 bits per heavy atom. The van der Waals surface area contributed by atoms with Crippen molar-refractivity contribution in [3.63, 3.8) is 0 Å². The Morgan fingerprint density at radius 2 is 1.80 bits per heavy atom. The predicted molar refractivity (Wildman–Crippen MR) is 111 cm³/mol. The van der Waals surface area contributed by atoms with E-state index >= 15 is 0 Å². The second-order valence-corrected chi connectivity index (χ2v) is 9.59. The van der Waals surface area contributed by atoms with Gasteiger partial charge in [0.25, 0.3) is 0 Å². The first-order valence-electron chi connectivity index (χ1n) is 10.0. The van der Waals surface area contributed by atoms with Gasteiger partial charge in [-0.05, 0) is 37.3 Å². The van der Waals surface area contributed by atoms with E-state index in [1.54, 1.807) is 7.05 Å². The highest BCUT2D eigenvalue weighted by Crippen LogP contribution is 2.30. The van der Waals surface area contributed by atoms with Gasteiger partial charge in [-0.2, -0.15) is 17.5 Å².